The predicted molar refractivity (Wildman–Crippen MR) is 85.0 cm³/mol. The van der Waals surface area contributed by atoms with E-state index in [0.29, 0.717) is 6.42 Å². The Labute approximate surface area is 126 Å². The number of aliphatic hydroxyl groups excluding tert-OH is 2. The molecule has 3 nitrogen and oxygen atoms in total. The van der Waals surface area contributed by atoms with E-state index < -0.39 is 5.54 Å². The normalized spacial score (nSPS) is 13.1. The van der Waals surface area contributed by atoms with Crippen LogP contribution < -0.4 is 5.32 Å². The molecule has 1 atom stereocenters. The molecule has 0 aliphatic heterocycles. The van der Waals surface area contributed by atoms with E-state index in [1.807, 2.05) is 67.6 Å². The number of hydrogen-bond donors (Lipinski definition) is 3. The van der Waals surface area contributed by atoms with Gasteiger partial charge in [0.05, 0.1) is 18.8 Å². The summed E-state index contributed by atoms with van der Waals surface area (Å²) in [6, 6.07) is 20.0. The number of nitrogens with one attached hydrogen (secondary N) is 1. The van der Waals surface area contributed by atoms with Crippen LogP contribution in [0.4, 0.5) is 0 Å². The molecule has 21 heavy (non-hydrogen) atoms. The van der Waals surface area contributed by atoms with Gasteiger partial charge in [-0.15, -0.1) is 0 Å². The molecule has 2 aromatic carbocycles. The monoisotopic (exact) mass is 285 g/mol. The summed E-state index contributed by atoms with van der Waals surface area (Å²) < 4.78 is 0. The summed E-state index contributed by atoms with van der Waals surface area (Å²) in [6.45, 7) is 1.81. The Hall–Kier alpha value is -1.68. The number of aliphatic hydroxyl groups is 2. The smallest absolute Gasteiger partial charge is 0.0693 e. The van der Waals surface area contributed by atoms with E-state index in [4.69, 9.17) is 0 Å². The topological polar surface area (TPSA) is 52.5 Å². The maximum Gasteiger partial charge on any atom is 0.0693 e. The van der Waals surface area contributed by atoms with Gasteiger partial charge in [0.25, 0.3) is 0 Å². The van der Waals surface area contributed by atoms with Crippen LogP contribution in [0.3, 0.4) is 0 Å². The fourth-order valence-corrected chi connectivity index (χ4v) is 2.58. The van der Waals surface area contributed by atoms with Crippen LogP contribution in [0.5, 0.6) is 0 Å². The molecule has 2 aromatic rings. The van der Waals surface area contributed by atoms with Gasteiger partial charge in [0, 0.05) is 6.04 Å². The molecular formula is C18H23NO2. The summed E-state index contributed by atoms with van der Waals surface area (Å²) in [4.78, 5) is 0. The molecule has 3 heteroatoms. The Bertz CT molecular complexity index is 523. The van der Waals surface area contributed by atoms with Crippen LogP contribution in [0, 0.1) is 0 Å². The lowest BCUT2D eigenvalue weighted by Crippen LogP contribution is -2.54. The summed E-state index contributed by atoms with van der Waals surface area (Å²) in [6.07, 6.45) is 0.581. The third kappa shape index (κ3) is 4.14. The van der Waals surface area contributed by atoms with Crippen LogP contribution >= 0.6 is 0 Å². The van der Waals surface area contributed by atoms with Gasteiger partial charge < -0.3 is 15.5 Å². The van der Waals surface area contributed by atoms with E-state index in [1.54, 1.807) is 0 Å². The minimum atomic E-state index is -0.726. The Balaban J connectivity index is 2.14. The van der Waals surface area contributed by atoms with Crippen molar-refractivity contribution in [3.05, 3.63) is 71.8 Å². The van der Waals surface area contributed by atoms with Crippen LogP contribution in [0.2, 0.25) is 0 Å². The minimum absolute atomic E-state index is 0.0502. The van der Waals surface area contributed by atoms with Gasteiger partial charge in [-0.05, 0) is 24.5 Å². The zero-order valence-corrected chi connectivity index (χ0v) is 12.4. The molecule has 0 aliphatic carbocycles. The maximum atomic E-state index is 9.81. The second-order valence-electron chi connectivity index (χ2n) is 5.54. The zero-order valence-electron chi connectivity index (χ0n) is 12.4. The average Bonchev–Trinajstić information content (AvgIpc) is 2.56. The molecule has 0 fully saturated rings. The van der Waals surface area contributed by atoms with E-state index in [-0.39, 0.29) is 19.3 Å². The summed E-state index contributed by atoms with van der Waals surface area (Å²) in [7, 11) is 0. The first kappa shape index (κ1) is 15.7. The van der Waals surface area contributed by atoms with Crippen LogP contribution in [-0.2, 0) is 6.42 Å². The molecule has 0 aliphatic rings. The highest BCUT2D eigenvalue weighted by Crippen LogP contribution is 2.20. The molecule has 0 amide bonds. The van der Waals surface area contributed by atoms with E-state index in [1.165, 1.54) is 0 Å². The Morgan fingerprint density at radius 3 is 1.95 bits per heavy atom. The highest BCUT2D eigenvalue weighted by atomic mass is 16.3. The number of hydrogen-bond acceptors (Lipinski definition) is 3. The highest BCUT2D eigenvalue weighted by Gasteiger charge is 2.30. The Morgan fingerprint density at radius 2 is 1.43 bits per heavy atom. The molecule has 112 valence electrons. The molecule has 0 bridgehead atoms. The van der Waals surface area contributed by atoms with Gasteiger partial charge >= 0.3 is 0 Å². The van der Waals surface area contributed by atoms with Crippen molar-refractivity contribution in [1.29, 1.82) is 0 Å². The van der Waals surface area contributed by atoms with Crippen molar-refractivity contribution in [2.45, 2.75) is 24.9 Å². The molecule has 2 rings (SSSR count). The largest absolute Gasteiger partial charge is 0.394 e. The van der Waals surface area contributed by atoms with Crippen molar-refractivity contribution in [2.75, 3.05) is 13.2 Å². The minimum Gasteiger partial charge on any atom is -0.394 e. The van der Waals surface area contributed by atoms with E-state index in [0.717, 1.165) is 11.1 Å². The van der Waals surface area contributed by atoms with Crippen molar-refractivity contribution in [3.63, 3.8) is 0 Å². The maximum absolute atomic E-state index is 9.81. The molecule has 0 radical (unpaired) electrons. The lowest BCUT2D eigenvalue weighted by atomic mass is 9.90. The lowest BCUT2D eigenvalue weighted by Gasteiger charge is -2.34. The van der Waals surface area contributed by atoms with Crippen molar-refractivity contribution in [1.82, 2.24) is 5.32 Å². The molecule has 3 N–H and O–H groups in total. The lowest BCUT2D eigenvalue weighted by molar-refractivity contribution is 0.0822. The molecule has 0 saturated heterocycles. The Kier molecular flexibility index (Phi) is 5.51. The number of benzene rings is 2. The standard InChI is InChI=1S/C18H23NO2/c1-15(17-10-6-3-7-11-17)19-18(13-20,14-21)12-16-8-4-2-5-9-16/h2-11,15,19-21H,12-14H2,1H3/t15-/m1/s1. The van der Waals surface area contributed by atoms with Gasteiger partial charge in [0.15, 0.2) is 0 Å². The van der Waals surface area contributed by atoms with Crippen molar-refractivity contribution in [2.24, 2.45) is 0 Å². The zero-order chi connectivity index (χ0) is 15.1. The summed E-state index contributed by atoms with van der Waals surface area (Å²) in [5, 5.41) is 23.0. The summed E-state index contributed by atoms with van der Waals surface area (Å²) in [5.41, 5.74) is 1.50. The van der Waals surface area contributed by atoms with E-state index in [9.17, 15) is 10.2 Å². The van der Waals surface area contributed by atoms with Gasteiger partial charge in [0.2, 0.25) is 0 Å². The first-order valence-corrected chi connectivity index (χ1v) is 7.27. The molecule has 0 aromatic heterocycles. The third-order valence-corrected chi connectivity index (χ3v) is 3.81. The Morgan fingerprint density at radius 1 is 0.905 bits per heavy atom. The highest BCUT2D eigenvalue weighted by molar-refractivity contribution is 5.21. The fourth-order valence-electron chi connectivity index (χ4n) is 2.58. The number of rotatable bonds is 7. The van der Waals surface area contributed by atoms with Gasteiger partial charge in [-0.2, -0.15) is 0 Å². The van der Waals surface area contributed by atoms with Crippen LogP contribution in [-0.4, -0.2) is 29.0 Å². The second-order valence-corrected chi connectivity index (χ2v) is 5.54. The molecule has 0 heterocycles. The predicted octanol–water partition coefficient (Wildman–Crippen LogP) is 2.30. The summed E-state index contributed by atoms with van der Waals surface area (Å²) >= 11 is 0. The summed E-state index contributed by atoms with van der Waals surface area (Å²) in [5.74, 6) is 0. The van der Waals surface area contributed by atoms with Gasteiger partial charge in [0.1, 0.15) is 0 Å². The molecule has 0 unspecified atom stereocenters. The average molecular weight is 285 g/mol. The van der Waals surface area contributed by atoms with Gasteiger partial charge in [-0.3, -0.25) is 0 Å². The van der Waals surface area contributed by atoms with Crippen LogP contribution in [0.1, 0.15) is 24.1 Å². The van der Waals surface area contributed by atoms with E-state index >= 15 is 0 Å². The SMILES string of the molecule is C[C@@H](NC(CO)(CO)Cc1ccccc1)c1ccccc1. The molecule has 0 spiro atoms. The quantitative estimate of drug-likeness (QED) is 0.731. The van der Waals surface area contributed by atoms with Crippen molar-refractivity contribution >= 4 is 0 Å². The van der Waals surface area contributed by atoms with Gasteiger partial charge in [-0.25, -0.2) is 0 Å². The third-order valence-electron chi connectivity index (χ3n) is 3.81. The van der Waals surface area contributed by atoms with Crippen molar-refractivity contribution < 1.29 is 10.2 Å². The van der Waals surface area contributed by atoms with Gasteiger partial charge in [-0.1, -0.05) is 60.7 Å². The first-order valence-electron chi connectivity index (χ1n) is 7.27. The van der Waals surface area contributed by atoms with Crippen molar-refractivity contribution in [3.8, 4) is 0 Å². The van der Waals surface area contributed by atoms with Crippen LogP contribution in [0.25, 0.3) is 0 Å². The first-order chi connectivity index (χ1) is 10.2. The van der Waals surface area contributed by atoms with E-state index in [2.05, 4.69) is 5.32 Å². The molecular weight excluding hydrogens is 262 g/mol. The van der Waals surface area contributed by atoms with Crippen LogP contribution in [0.15, 0.2) is 60.7 Å². The molecule has 0 saturated carbocycles. The second kappa shape index (κ2) is 7.36. The fraction of sp³-hybridized carbons (Fsp3) is 0.333.